The summed E-state index contributed by atoms with van der Waals surface area (Å²) < 4.78 is 7.00. The van der Waals surface area contributed by atoms with Crippen molar-refractivity contribution in [1.82, 2.24) is 15.1 Å². The van der Waals surface area contributed by atoms with E-state index in [4.69, 9.17) is 16.3 Å². The highest BCUT2D eigenvalue weighted by molar-refractivity contribution is 6.32. The Morgan fingerprint density at radius 3 is 2.86 bits per heavy atom. The summed E-state index contributed by atoms with van der Waals surface area (Å²) in [5, 5.41) is 8.61. The van der Waals surface area contributed by atoms with Crippen molar-refractivity contribution in [3.63, 3.8) is 0 Å². The molecule has 0 aliphatic carbocycles. The molecule has 1 heterocycles. The van der Waals surface area contributed by atoms with Gasteiger partial charge in [0.2, 0.25) is 0 Å². The molecule has 21 heavy (non-hydrogen) atoms. The topological polar surface area (TPSA) is 39.1 Å². The van der Waals surface area contributed by atoms with Crippen LogP contribution in [-0.2, 0) is 17.7 Å². The monoisotopic (exact) mass is 307 g/mol. The van der Waals surface area contributed by atoms with E-state index in [1.165, 1.54) is 11.3 Å². The van der Waals surface area contributed by atoms with Crippen LogP contribution in [0.25, 0.3) is 5.69 Å². The number of methoxy groups -OCH3 is 1. The van der Waals surface area contributed by atoms with E-state index in [1.54, 1.807) is 7.11 Å². The van der Waals surface area contributed by atoms with Gasteiger partial charge in [0, 0.05) is 31.5 Å². The fourth-order valence-corrected chi connectivity index (χ4v) is 2.50. The van der Waals surface area contributed by atoms with Gasteiger partial charge in [-0.05, 0) is 18.6 Å². The highest BCUT2D eigenvalue weighted by Gasteiger charge is 2.13. The fraction of sp³-hybridized carbons (Fsp3) is 0.438. The van der Waals surface area contributed by atoms with Gasteiger partial charge in [-0.15, -0.1) is 0 Å². The van der Waals surface area contributed by atoms with E-state index in [1.807, 2.05) is 35.1 Å². The summed E-state index contributed by atoms with van der Waals surface area (Å²) in [6.45, 7) is 4.51. The van der Waals surface area contributed by atoms with Gasteiger partial charge in [0.1, 0.15) is 0 Å². The highest BCUT2D eigenvalue weighted by atomic mass is 35.5. The van der Waals surface area contributed by atoms with Crippen molar-refractivity contribution in [3.05, 3.63) is 46.7 Å². The lowest BCUT2D eigenvalue weighted by atomic mass is 10.1. The van der Waals surface area contributed by atoms with Crippen LogP contribution in [0, 0.1) is 0 Å². The van der Waals surface area contributed by atoms with Crippen LogP contribution in [0.3, 0.4) is 0 Å². The van der Waals surface area contributed by atoms with Gasteiger partial charge >= 0.3 is 0 Å². The maximum absolute atomic E-state index is 6.29. The fourth-order valence-electron chi connectivity index (χ4n) is 2.29. The van der Waals surface area contributed by atoms with Gasteiger partial charge in [-0.1, -0.05) is 37.1 Å². The van der Waals surface area contributed by atoms with E-state index in [-0.39, 0.29) is 0 Å². The molecule has 1 aromatic heterocycles. The predicted molar refractivity (Wildman–Crippen MR) is 86.2 cm³/mol. The Hall–Kier alpha value is -1.36. The first-order chi connectivity index (χ1) is 10.3. The lowest BCUT2D eigenvalue weighted by Gasteiger charge is -2.11. The molecule has 1 N–H and O–H groups in total. The Labute approximate surface area is 131 Å². The molecule has 0 aliphatic rings. The van der Waals surface area contributed by atoms with Gasteiger partial charge in [0.05, 0.1) is 23.5 Å². The lowest BCUT2D eigenvalue weighted by Crippen LogP contribution is -2.19. The van der Waals surface area contributed by atoms with Crippen LogP contribution in [0.1, 0.15) is 24.6 Å². The lowest BCUT2D eigenvalue weighted by molar-refractivity contribution is 0.199. The second-order valence-electron chi connectivity index (χ2n) is 4.90. The van der Waals surface area contributed by atoms with E-state index in [9.17, 15) is 0 Å². The summed E-state index contributed by atoms with van der Waals surface area (Å²) in [6, 6.07) is 7.80. The molecule has 0 spiro atoms. The number of halogens is 1. The summed E-state index contributed by atoms with van der Waals surface area (Å²) in [5.74, 6) is 0. The normalized spacial score (nSPS) is 11.0. The van der Waals surface area contributed by atoms with Crippen LogP contribution in [0.15, 0.2) is 30.5 Å². The molecule has 2 aromatic rings. The summed E-state index contributed by atoms with van der Waals surface area (Å²) in [5.41, 5.74) is 3.37. The van der Waals surface area contributed by atoms with Crippen LogP contribution in [0.2, 0.25) is 5.02 Å². The number of para-hydroxylation sites is 1. The van der Waals surface area contributed by atoms with E-state index in [0.29, 0.717) is 6.61 Å². The van der Waals surface area contributed by atoms with Crippen molar-refractivity contribution >= 4 is 11.6 Å². The van der Waals surface area contributed by atoms with Gasteiger partial charge < -0.3 is 10.1 Å². The molecule has 0 saturated carbocycles. The summed E-state index contributed by atoms with van der Waals surface area (Å²) >= 11 is 6.29. The molecular formula is C16H22ClN3O. The highest BCUT2D eigenvalue weighted by Crippen LogP contribution is 2.23. The molecule has 0 fully saturated rings. The smallest absolute Gasteiger partial charge is 0.0835 e. The van der Waals surface area contributed by atoms with Crippen molar-refractivity contribution in [2.24, 2.45) is 0 Å². The Morgan fingerprint density at radius 2 is 2.14 bits per heavy atom. The van der Waals surface area contributed by atoms with Crippen LogP contribution in [-0.4, -0.2) is 30.0 Å². The van der Waals surface area contributed by atoms with Crippen molar-refractivity contribution < 1.29 is 4.74 Å². The van der Waals surface area contributed by atoms with Crippen molar-refractivity contribution in [2.45, 2.75) is 26.3 Å². The van der Waals surface area contributed by atoms with Crippen LogP contribution < -0.4 is 5.32 Å². The molecule has 5 heteroatoms. The third-order valence-corrected chi connectivity index (χ3v) is 3.64. The standard InChI is InChI=1S/C16H22ClN3O/c1-3-6-15-13(11-18-9-10-21-2)12-19-20(15)16-8-5-4-7-14(16)17/h4-5,7-8,12,18H,3,6,9-11H2,1-2H3. The second-order valence-corrected chi connectivity index (χ2v) is 5.31. The second kappa shape index (κ2) is 8.17. The number of hydrogen-bond acceptors (Lipinski definition) is 3. The third kappa shape index (κ3) is 4.06. The minimum absolute atomic E-state index is 0.710. The molecule has 1 aromatic carbocycles. The zero-order chi connectivity index (χ0) is 15.1. The largest absolute Gasteiger partial charge is 0.383 e. The molecule has 0 bridgehead atoms. The first kappa shape index (κ1) is 16.0. The SMILES string of the molecule is CCCc1c(CNCCOC)cnn1-c1ccccc1Cl. The van der Waals surface area contributed by atoms with Crippen LogP contribution in [0.5, 0.6) is 0 Å². The molecule has 0 atom stereocenters. The molecule has 0 unspecified atom stereocenters. The Bertz CT molecular complexity index is 568. The number of ether oxygens (including phenoxy) is 1. The van der Waals surface area contributed by atoms with Gasteiger partial charge in [-0.3, -0.25) is 0 Å². The number of hydrogen-bond donors (Lipinski definition) is 1. The van der Waals surface area contributed by atoms with Gasteiger partial charge in [0.25, 0.3) is 0 Å². The van der Waals surface area contributed by atoms with E-state index in [0.717, 1.165) is 36.6 Å². The summed E-state index contributed by atoms with van der Waals surface area (Å²) in [7, 11) is 1.71. The molecule has 0 aliphatic heterocycles. The van der Waals surface area contributed by atoms with Crippen molar-refractivity contribution in [2.75, 3.05) is 20.3 Å². The van der Waals surface area contributed by atoms with Crippen molar-refractivity contribution in [3.8, 4) is 5.69 Å². The average molecular weight is 308 g/mol. The number of benzene rings is 1. The number of rotatable bonds is 8. The predicted octanol–water partition coefficient (Wildman–Crippen LogP) is 3.21. The molecule has 2 rings (SSSR count). The molecule has 114 valence electrons. The van der Waals surface area contributed by atoms with Crippen molar-refractivity contribution in [1.29, 1.82) is 0 Å². The minimum Gasteiger partial charge on any atom is -0.383 e. The molecule has 0 amide bonds. The van der Waals surface area contributed by atoms with E-state index < -0.39 is 0 Å². The third-order valence-electron chi connectivity index (χ3n) is 3.32. The van der Waals surface area contributed by atoms with Gasteiger partial charge in [-0.2, -0.15) is 5.10 Å². The zero-order valence-corrected chi connectivity index (χ0v) is 13.4. The Morgan fingerprint density at radius 1 is 1.33 bits per heavy atom. The van der Waals surface area contributed by atoms with Crippen LogP contribution in [0.4, 0.5) is 0 Å². The summed E-state index contributed by atoms with van der Waals surface area (Å²) in [4.78, 5) is 0. The first-order valence-electron chi connectivity index (χ1n) is 7.28. The zero-order valence-electron chi connectivity index (χ0n) is 12.6. The van der Waals surface area contributed by atoms with E-state index in [2.05, 4.69) is 17.3 Å². The number of aromatic nitrogens is 2. The number of nitrogens with one attached hydrogen (secondary N) is 1. The van der Waals surface area contributed by atoms with Gasteiger partial charge in [-0.25, -0.2) is 4.68 Å². The first-order valence-corrected chi connectivity index (χ1v) is 7.66. The Kier molecular flexibility index (Phi) is 6.23. The summed E-state index contributed by atoms with van der Waals surface area (Å²) in [6.07, 6.45) is 3.97. The average Bonchev–Trinajstić information content (AvgIpc) is 2.88. The maximum atomic E-state index is 6.29. The minimum atomic E-state index is 0.710. The molecule has 0 radical (unpaired) electrons. The molecule has 0 saturated heterocycles. The Balaban J connectivity index is 2.22. The van der Waals surface area contributed by atoms with Gasteiger partial charge in [0.15, 0.2) is 0 Å². The number of nitrogens with zero attached hydrogens (tertiary/aromatic N) is 2. The molecular weight excluding hydrogens is 286 g/mol. The quantitative estimate of drug-likeness (QED) is 0.761. The van der Waals surface area contributed by atoms with E-state index >= 15 is 0 Å². The maximum Gasteiger partial charge on any atom is 0.0835 e. The van der Waals surface area contributed by atoms with Crippen LogP contribution >= 0.6 is 11.6 Å². The molecule has 4 nitrogen and oxygen atoms in total.